The molecule has 2 unspecified atom stereocenters. The molecule has 1 aliphatic rings. The molecule has 1 aliphatic heterocycles. The monoisotopic (exact) mass is 315 g/mol. The van der Waals surface area contributed by atoms with Gasteiger partial charge in [-0.05, 0) is 23.9 Å². The van der Waals surface area contributed by atoms with E-state index in [9.17, 15) is 14.7 Å². The molecule has 0 aliphatic carbocycles. The molecular weight excluding hydrogens is 298 g/mol. The average molecular weight is 315 g/mol. The number of aromatic nitrogens is 2. The van der Waals surface area contributed by atoms with E-state index in [-0.39, 0.29) is 17.2 Å². The van der Waals surface area contributed by atoms with Gasteiger partial charge in [-0.2, -0.15) is 0 Å². The number of amides is 1. The Bertz CT molecular complexity index is 518. The molecule has 8 heteroatoms. The van der Waals surface area contributed by atoms with Crippen LogP contribution in [0.2, 0.25) is 0 Å². The predicted molar refractivity (Wildman–Crippen MR) is 78.1 cm³/mol. The smallest absolute Gasteiger partial charge is 0.327 e. The molecule has 1 N–H and O–H groups in total. The molecule has 1 aromatic heterocycles. The normalized spacial score (nSPS) is 22.5. The van der Waals surface area contributed by atoms with Crippen LogP contribution in [0.4, 0.5) is 0 Å². The highest BCUT2D eigenvalue weighted by molar-refractivity contribution is 8.00. The van der Waals surface area contributed by atoms with Crippen LogP contribution in [0.25, 0.3) is 0 Å². The number of carboxylic acid groups (broad SMARTS) is 1. The van der Waals surface area contributed by atoms with Gasteiger partial charge < -0.3 is 10.0 Å². The summed E-state index contributed by atoms with van der Waals surface area (Å²) in [4.78, 5) is 26.0. The maximum absolute atomic E-state index is 12.7. The highest BCUT2D eigenvalue weighted by Gasteiger charge is 2.42. The van der Waals surface area contributed by atoms with Crippen molar-refractivity contribution in [2.24, 2.45) is 0 Å². The third-order valence-corrected chi connectivity index (χ3v) is 5.40. The fourth-order valence-corrected chi connectivity index (χ4v) is 4.29. The number of aliphatic carboxylic acids is 1. The molecule has 110 valence electrons. The number of carbonyl (C=O) groups excluding carboxylic acids is 1. The molecule has 1 aromatic rings. The van der Waals surface area contributed by atoms with Gasteiger partial charge in [0.2, 0.25) is 0 Å². The number of carbonyl (C=O) groups is 2. The fraction of sp³-hybridized carbons (Fsp3) is 0.667. The maximum Gasteiger partial charge on any atom is 0.327 e. The van der Waals surface area contributed by atoms with E-state index in [1.54, 1.807) is 0 Å². The van der Waals surface area contributed by atoms with Gasteiger partial charge >= 0.3 is 5.97 Å². The Morgan fingerprint density at radius 2 is 2.20 bits per heavy atom. The number of carboxylic acids is 1. The standard InChI is InChI=1S/C12H17N3O3S2/c1-4-8-15(7(5-19-8)12(17)18)11(16)10-9(6(2)3)13-14-20-10/h6-8H,4-5H2,1-3H3,(H,17,18). The lowest BCUT2D eigenvalue weighted by Crippen LogP contribution is -2.45. The first-order valence-corrected chi connectivity index (χ1v) is 8.28. The Morgan fingerprint density at radius 1 is 1.50 bits per heavy atom. The fourth-order valence-electron chi connectivity index (χ4n) is 2.18. The van der Waals surface area contributed by atoms with Crippen LogP contribution in [0.1, 0.15) is 48.5 Å². The lowest BCUT2D eigenvalue weighted by atomic mass is 10.1. The van der Waals surface area contributed by atoms with Crippen LogP contribution in [0.15, 0.2) is 0 Å². The average Bonchev–Trinajstić information content (AvgIpc) is 3.04. The summed E-state index contributed by atoms with van der Waals surface area (Å²) in [6, 6.07) is -0.764. The summed E-state index contributed by atoms with van der Waals surface area (Å²) in [6.07, 6.45) is 0.726. The van der Waals surface area contributed by atoms with Gasteiger partial charge in [-0.25, -0.2) is 4.79 Å². The molecule has 6 nitrogen and oxygen atoms in total. The predicted octanol–water partition coefficient (Wildman–Crippen LogP) is 2.04. The van der Waals surface area contributed by atoms with Crippen molar-refractivity contribution < 1.29 is 14.7 Å². The van der Waals surface area contributed by atoms with E-state index in [0.717, 1.165) is 18.0 Å². The lowest BCUT2D eigenvalue weighted by molar-refractivity contribution is -0.141. The maximum atomic E-state index is 12.7. The topological polar surface area (TPSA) is 83.4 Å². The van der Waals surface area contributed by atoms with Crippen molar-refractivity contribution in [2.45, 2.75) is 44.5 Å². The molecule has 2 rings (SSSR count). The highest BCUT2D eigenvalue weighted by atomic mass is 32.2. The molecule has 0 bridgehead atoms. The van der Waals surface area contributed by atoms with Crippen molar-refractivity contribution in [3.8, 4) is 0 Å². The van der Waals surface area contributed by atoms with Gasteiger partial charge in [0, 0.05) is 5.75 Å². The van der Waals surface area contributed by atoms with E-state index in [1.807, 2.05) is 20.8 Å². The second-order valence-electron chi connectivity index (χ2n) is 4.90. The summed E-state index contributed by atoms with van der Waals surface area (Å²) in [6.45, 7) is 5.84. The molecule has 0 radical (unpaired) electrons. The summed E-state index contributed by atoms with van der Waals surface area (Å²) in [7, 11) is 0. The van der Waals surface area contributed by atoms with Crippen LogP contribution >= 0.6 is 23.3 Å². The number of rotatable bonds is 4. The van der Waals surface area contributed by atoms with E-state index in [1.165, 1.54) is 16.7 Å². The number of nitrogens with zero attached hydrogens (tertiary/aromatic N) is 3. The molecule has 1 fully saturated rings. The van der Waals surface area contributed by atoms with E-state index < -0.39 is 12.0 Å². The zero-order valence-electron chi connectivity index (χ0n) is 11.6. The third-order valence-electron chi connectivity index (χ3n) is 3.22. The first kappa shape index (κ1) is 15.2. The molecule has 2 atom stereocenters. The van der Waals surface area contributed by atoms with Crippen LogP contribution in [0, 0.1) is 0 Å². The minimum atomic E-state index is -0.953. The van der Waals surface area contributed by atoms with Gasteiger partial charge in [-0.3, -0.25) is 4.79 Å². The van der Waals surface area contributed by atoms with Crippen molar-refractivity contribution in [2.75, 3.05) is 5.75 Å². The van der Waals surface area contributed by atoms with Crippen molar-refractivity contribution in [3.63, 3.8) is 0 Å². The highest BCUT2D eigenvalue weighted by Crippen LogP contribution is 2.34. The van der Waals surface area contributed by atoms with Gasteiger partial charge in [0.1, 0.15) is 10.9 Å². The molecule has 0 saturated carbocycles. The van der Waals surface area contributed by atoms with Crippen molar-refractivity contribution >= 4 is 35.2 Å². The summed E-state index contributed by atoms with van der Waals surface area (Å²) in [5.74, 6) is -0.687. The molecule has 2 heterocycles. The molecule has 0 spiro atoms. The number of hydrogen-bond acceptors (Lipinski definition) is 6. The van der Waals surface area contributed by atoms with E-state index in [0.29, 0.717) is 16.3 Å². The third kappa shape index (κ3) is 2.67. The Morgan fingerprint density at radius 3 is 2.75 bits per heavy atom. The minimum absolute atomic E-state index is 0.0892. The first-order chi connectivity index (χ1) is 9.47. The summed E-state index contributed by atoms with van der Waals surface area (Å²) in [5.41, 5.74) is 0.649. The molecular formula is C12H17N3O3S2. The van der Waals surface area contributed by atoms with Gasteiger partial charge in [0.25, 0.3) is 5.91 Å². The Labute approximate surface area is 125 Å². The van der Waals surface area contributed by atoms with Crippen molar-refractivity contribution in [1.29, 1.82) is 0 Å². The van der Waals surface area contributed by atoms with Crippen LogP contribution in [-0.4, -0.2) is 48.6 Å². The second-order valence-corrected chi connectivity index (χ2v) is 6.87. The molecule has 0 aromatic carbocycles. The van der Waals surface area contributed by atoms with Crippen LogP contribution in [0.3, 0.4) is 0 Å². The molecule has 20 heavy (non-hydrogen) atoms. The van der Waals surface area contributed by atoms with E-state index in [4.69, 9.17) is 0 Å². The SMILES string of the molecule is CCC1SCC(C(=O)O)N1C(=O)c1snnc1C(C)C. The Kier molecular flexibility index (Phi) is 4.64. The van der Waals surface area contributed by atoms with Crippen molar-refractivity contribution in [3.05, 3.63) is 10.6 Å². The summed E-state index contributed by atoms with van der Waals surface area (Å²) < 4.78 is 3.85. The lowest BCUT2D eigenvalue weighted by Gasteiger charge is -2.26. The van der Waals surface area contributed by atoms with E-state index >= 15 is 0 Å². The van der Waals surface area contributed by atoms with Crippen LogP contribution < -0.4 is 0 Å². The van der Waals surface area contributed by atoms with E-state index in [2.05, 4.69) is 9.59 Å². The molecule has 1 amide bonds. The summed E-state index contributed by atoms with van der Waals surface area (Å²) >= 11 is 2.56. The zero-order chi connectivity index (χ0) is 14.9. The second kappa shape index (κ2) is 6.09. The quantitative estimate of drug-likeness (QED) is 0.915. The van der Waals surface area contributed by atoms with Gasteiger partial charge in [-0.15, -0.1) is 16.9 Å². The summed E-state index contributed by atoms with van der Waals surface area (Å²) in [5, 5.41) is 13.2. The van der Waals surface area contributed by atoms with Gasteiger partial charge in [0.15, 0.2) is 0 Å². The number of hydrogen-bond donors (Lipinski definition) is 1. The zero-order valence-corrected chi connectivity index (χ0v) is 13.2. The minimum Gasteiger partial charge on any atom is -0.480 e. The first-order valence-electron chi connectivity index (χ1n) is 6.46. The van der Waals surface area contributed by atoms with Gasteiger partial charge in [-0.1, -0.05) is 25.3 Å². The van der Waals surface area contributed by atoms with Crippen LogP contribution in [0.5, 0.6) is 0 Å². The van der Waals surface area contributed by atoms with Gasteiger partial charge in [0.05, 0.1) is 11.1 Å². The largest absolute Gasteiger partial charge is 0.480 e. The molecule has 1 saturated heterocycles. The number of thioether (sulfide) groups is 1. The Balaban J connectivity index is 2.34. The van der Waals surface area contributed by atoms with Crippen molar-refractivity contribution in [1.82, 2.24) is 14.5 Å². The Hall–Kier alpha value is -1.15. The van der Waals surface area contributed by atoms with Crippen LogP contribution in [-0.2, 0) is 4.79 Å².